The second-order valence-corrected chi connectivity index (χ2v) is 18.1. The molecule has 3 aliphatic rings. The van der Waals surface area contributed by atoms with Gasteiger partial charge in [0.1, 0.15) is 36.1 Å². The number of imidazole rings is 2. The monoisotopic (exact) mass is 920 g/mol. The number of ether oxygens (including phenoxy) is 4. The molecule has 2 fully saturated rings. The van der Waals surface area contributed by atoms with Gasteiger partial charge in [-0.25, -0.2) is 14.8 Å². The third kappa shape index (κ3) is 8.42. The molecular weight excluding hydrogens is 865 g/mol. The van der Waals surface area contributed by atoms with Gasteiger partial charge in [-0.1, -0.05) is 68.4 Å². The van der Waals surface area contributed by atoms with Crippen LogP contribution in [-0.2, 0) is 30.4 Å². The maximum atomic E-state index is 14.5. The molecule has 1 unspecified atom stereocenters. The van der Waals surface area contributed by atoms with Crippen LogP contribution in [0.2, 0.25) is 0 Å². The van der Waals surface area contributed by atoms with Crippen molar-refractivity contribution < 1.29 is 38.4 Å². The summed E-state index contributed by atoms with van der Waals surface area (Å²) in [4.78, 5) is 61.0. The van der Waals surface area contributed by atoms with Crippen LogP contribution in [0.25, 0.3) is 55.1 Å². The van der Waals surface area contributed by atoms with E-state index in [2.05, 4.69) is 69.1 Å². The molecule has 2 aromatic heterocycles. The summed E-state index contributed by atoms with van der Waals surface area (Å²) in [5, 5.41) is 18.1. The Morgan fingerprint density at radius 2 is 1.63 bits per heavy atom. The number of methoxy groups -OCH3 is 2. The van der Waals surface area contributed by atoms with E-state index in [1.165, 1.54) is 14.2 Å². The van der Waals surface area contributed by atoms with E-state index in [0.717, 1.165) is 85.1 Å². The number of amides is 3. The highest BCUT2D eigenvalue weighted by atomic mass is 16.6. The zero-order valence-electron chi connectivity index (χ0n) is 38.7. The standard InChI is InChI=1S/C52H56N8O8/c1-6-67-34-24-42(60(26-34)50(62)45(58-52(64)66-5)29-11-8-7-9-12-29)48-54-39-19-16-32-22-37-35-17-14-30(21-33(35)27-68-43(37)25-36(32)46(39)56-48)31-15-18-38-40(23-31)55-47(53-38)41-13-10-20-59(41)49(61)44(28(2)3)57-51(63)65-4/h7-9,11-12,14-19,21-23,25,28,34,41-42,44-45,52,58,64H,6,10,13,20,24,26-27H2,1-5H3,(H,53,55)(H,54,56)(H,57,63)/t34-,41-,42-,44-,45+,52?/m0/s1. The van der Waals surface area contributed by atoms with E-state index in [0.29, 0.717) is 44.1 Å². The van der Waals surface area contributed by atoms with E-state index in [-0.39, 0.29) is 29.9 Å². The number of benzene rings is 5. The predicted octanol–water partition coefficient (Wildman–Crippen LogP) is 7.79. The van der Waals surface area contributed by atoms with Crippen molar-refractivity contribution in [1.82, 2.24) is 40.4 Å². The highest BCUT2D eigenvalue weighted by molar-refractivity contribution is 6.07. The zero-order chi connectivity index (χ0) is 47.2. The lowest BCUT2D eigenvalue weighted by atomic mass is 9.91. The van der Waals surface area contributed by atoms with Crippen molar-refractivity contribution in [2.45, 2.75) is 83.3 Å². The molecule has 10 rings (SSSR count). The number of nitrogens with one attached hydrogen (secondary N) is 4. The van der Waals surface area contributed by atoms with Crippen molar-refractivity contribution >= 4 is 50.7 Å². The minimum absolute atomic E-state index is 0.120. The van der Waals surface area contributed by atoms with Gasteiger partial charge in [-0.05, 0) is 95.3 Å². The fourth-order valence-corrected chi connectivity index (χ4v) is 10.2. The summed E-state index contributed by atoms with van der Waals surface area (Å²) in [7, 11) is 2.67. The lowest BCUT2D eigenvalue weighted by molar-refractivity contribution is -0.143. The van der Waals surface area contributed by atoms with Crippen molar-refractivity contribution in [2.24, 2.45) is 5.92 Å². The molecule has 0 saturated carbocycles. The normalized spacial score (nSPS) is 19.2. The maximum absolute atomic E-state index is 14.5. The predicted molar refractivity (Wildman–Crippen MR) is 256 cm³/mol. The average molecular weight is 921 g/mol. The number of likely N-dealkylation sites (tertiary alicyclic amines) is 2. The second kappa shape index (κ2) is 18.7. The van der Waals surface area contributed by atoms with E-state index in [1.54, 1.807) is 4.90 Å². The molecule has 3 aliphatic heterocycles. The Morgan fingerprint density at radius 1 is 0.868 bits per heavy atom. The van der Waals surface area contributed by atoms with Crippen LogP contribution < -0.4 is 15.4 Å². The SMILES string of the molecule is CCO[C@H]1C[C@@H](c2nc3ccc4cc5c(cc4c3[nH]2)OCc2cc(-c3ccc4nc([C@@H]6CCCN6C(=O)[C@@H](NC(=O)OC)C(C)C)[nH]c4c3)ccc2-5)N(C(=O)[C@H](NC(O)OC)c2ccccc2)C1. The molecule has 5 aromatic carbocycles. The number of aromatic amines is 2. The first-order valence-electron chi connectivity index (χ1n) is 23.3. The van der Waals surface area contributed by atoms with Crippen LogP contribution in [0.1, 0.15) is 80.9 Å². The number of nitrogens with zero attached hydrogens (tertiary/aromatic N) is 4. The Hall–Kier alpha value is -6.85. The lowest BCUT2D eigenvalue weighted by Gasteiger charge is -2.29. The summed E-state index contributed by atoms with van der Waals surface area (Å²) < 4.78 is 22.5. The molecule has 5 heterocycles. The molecule has 352 valence electrons. The van der Waals surface area contributed by atoms with Gasteiger partial charge in [0.2, 0.25) is 18.2 Å². The van der Waals surface area contributed by atoms with Gasteiger partial charge < -0.3 is 49.1 Å². The van der Waals surface area contributed by atoms with Gasteiger partial charge in [-0.2, -0.15) is 0 Å². The summed E-state index contributed by atoms with van der Waals surface area (Å²) in [6.45, 7) is 7.61. The number of aliphatic hydroxyl groups is 1. The fraction of sp³-hybridized carbons (Fsp3) is 0.365. The molecule has 16 heteroatoms. The van der Waals surface area contributed by atoms with Crippen LogP contribution in [0, 0.1) is 5.92 Å². The fourth-order valence-electron chi connectivity index (χ4n) is 10.2. The Balaban J connectivity index is 0.911. The Bertz CT molecular complexity index is 3020. The quantitative estimate of drug-likeness (QED) is 0.0709. The minimum Gasteiger partial charge on any atom is -0.488 e. The van der Waals surface area contributed by atoms with E-state index in [4.69, 9.17) is 28.9 Å². The largest absolute Gasteiger partial charge is 0.488 e. The van der Waals surface area contributed by atoms with Gasteiger partial charge in [0.05, 0.1) is 47.4 Å². The summed E-state index contributed by atoms with van der Waals surface area (Å²) in [5.41, 5.74) is 9.25. The average Bonchev–Trinajstić information content (AvgIpc) is 4.19. The Kier molecular flexibility index (Phi) is 12.3. The smallest absolute Gasteiger partial charge is 0.407 e. The number of hydrogen-bond acceptors (Lipinski definition) is 11. The van der Waals surface area contributed by atoms with E-state index in [9.17, 15) is 19.5 Å². The number of H-pyrrole nitrogens is 2. The third-order valence-corrected chi connectivity index (χ3v) is 13.6. The number of aromatic nitrogens is 4. The number of alkyl carbamates (subject to hydrolysis) is 1. The van der Waals surface area contributed by atoms with Crippen LogP contribution in [0.15, 0.2) is 91.0 Å². The molecule has 6 atom stereocenters. The number of hydrogen-bond donors (Lipinski definition) is 5. The van der Waals surface area contributed by atoms with Gasteiger partial charge >= 0.3 is 6.09 Å². The first kappa shape index (κ1) is 45.0. The molecule has 16 nitrogen and oxygen atoms in total. The van der Waals surface area contributed by atoms with Crippen LogP contribution in [-0.4, -0.2) is 105 Å². The van der Waals surface area contributed by atoms with Gasteiger partial charge in [0.25, 0.3) is 0 Å². The molecule has 0 bridgehead atoms. The highest BCUT2D eigenvalue weighted by Crippen LogP contribution is 2.44. The molecule has 7 aromatic rings. The highest BCUT2D eigenvalue weighted by Gasteiger charge is 2.42. The van der Waals surface area contributed by atoms with Crippen LogP contribution in [0.3, 0.4) is 0 Å². The molecule has 5 N–H and O–H groups in total. The first-order chi connectivity index (χ1) is 33.0. The Labute approximate surface area is 393 Å². The molecule has 0 spiro atoms. The summed E-state index contributed by atoms with van der Waals surface area (Å²) in [6, 6.07) is 28.1. The topological polar surface area (TPSA) is 196 Å². The summed E-state index contributed by atoms with van der Waals surface area (Å²) in [6.07, 6.45) is -0.0124. The molecule has 2 saturated heterocycles. The summed E-state index contributed by atoms with van der Waals surface area (Å²) in [5.74, 6) is 1.67. The van der Waals surface area contributed by atoms with Gasteiger partial charge in [-0.15, -0.1) is 0 Å². The lowest BCUT2D eigenvalue weighted by Crippen LogP contribution is -2.51. The molecule has 0 aliphatic carbocycles. The van der Waals surface area contributed by atoms with Crippen LogP contribution in [0.5, 0.6) is 5.75 Å². The van der Waals surface area contributed by atoms with Gasteiger partial charge in [-0.3, -0.25) is 14.9 Å². The second-order valence-electron chi connectivity index (χ2n) is 18.1. The van der Waals surface area contributed by atoms with Crippen molar-refractivity contribution in [3.63, 3.8) is 0 Å². The van der Waals surface area contributed by atoms with Crippen molar-refractivity contribution in [1.29, 1.82) is 0 Å². The van der Waals surface area contributed by atoms with Gasteiger partial charge in [0, 0.05) is 44.2 Å². The number of carbonyl (C=O) groups is 3. The van der Waals surface area contributed by atoms with E-state index < -0.39 is 30.6 Å². The van der Waals surface area contributed by atoms with Crippen LogP contribution >= 0.6 is 0 Å². The Morgan fingerprint density at radius 3 is 2.41 bits per heavy atom. The molecule has 0 radical (unpaired) electrons. The van der Waals surface area contributed by atoms with Gasteiger partial charge in [0.15, 0.2) is 0 Å². The number of fused-ring (bicyclic) bond motifs is 7. The van der Waals surface area contributed by atoms with E-state index >= 15 is 0 Å². The summed E-state index contributed by atoms with van der Waals surface area (Å²) >= 11 is 0. The number of rotatable bonds is 13. The number of aliphatic hydroxyl groups excluding tert-OH is 1. The van der Waals surface area contributed by atoms with Crippen molar-refractivity contribution in [2.75, 3.05) is 33.9 Å². The minimum atomic E-state index is -1.35. The molecule has 68 heavy (non-hydrogen) atoms. The molecule has 3 amide bonds. The van der Waals surface area contributed by atoms with Crippen molar-refractivity contribution in [3.05, 3.63) is 114 Å². The molecular formula is C52H56N8O8. The van der Waals surface area contributed by atoms with E-state index in [1.807, 2.05) is 68.1 Å². The van der Waals surface area contributed by atoms with Crippen LogP contribution in [0.4, 0.5) is 4.79 Å². The van der Waals surface area contributed by atoms with Crippen molar-refractivity contribution in [3.8, 4) is 28.0 Å². The zero-order valence-corrected chi connectivity index (χ0v) is 38.7. The maximum Gasteiger partial charge on any atom is 0.407 e. The third-order valence-electron chi connectivity index (χ3n) is 13.6. The first-order valence-corrected chi connectivity index (χ1v) is 23.3. The number of carbonyl (C=O) groups excluding carboxylic acids is 3.